The summed E-state index contributed by atoms with van der Waals surface area (Å²) in [5.41, 5.74) is 0. The lowest BCUT2D eigenvalue weighted by Crippen LogP contribution is -2.25. The largest absolute Gasteiger partial charge is 0.266 e. The lowest BCUT2D eigenvalue weighted by molar-refractivity contribution is 0.143. The highest BCUT2D eigenvalue weighted by Gasteiger charge is 2.30. The number of hydrogen-bond acceptors (Lipinski definition) is 0. The van der Waals surface area contributed by atoms with Gasteiger partial charge < -0.3 is 0 Å². The second-order valence-electron chi connectivity index (χ2n) is 8.49. The molecule has 0 unspecified atom stereocenters. The van der Waals surface area contributed by atoms with Crippen LogP contribution in [0.15, 0.2) is 12.2 Å². The van der Waals surface area contributed by atoms with E-state index < -0.39 is 6.08 Å². The zero-order chi connectivity index (χ0) is 17.2. The predicted octanol–water partition coefficient (Wildman–Crippen LogP) is 8.13. The van der Waals surface area contributed by atoms with E-state index >= 15 is 0 Å². The van der Waals surface area contributed by atoms with Crippen molar-refractivity contribution >= 4 is 0 Å². The van der Waals surface area contributed by atoms with Crippen molar-refractivity contribution in [3.63, 3.8) is 0 Å². The van der Waals surface area contributed by atoms with Crippen LogP contribution in [-0.2, 0) is 0 Å². The zero-order valence-corrected chi connectivity index (χ0v) is 15.7. The van der Waals surface area contributed by atoms with E-state index in [0.29, 0.717) is 12.3 Å². The Hall–Kier alpha value is -0.400. The van der Waals surface area contributed by atoms with Crippen molar-refractivity contribution in [3.05, 3.63) is 12.2 Å². The molecule has 2 fully saturated rings. The lowest BCUT2D eigenvalue weighted by atomic mass is 9.68. The van der Waals surface area contributed by atoms with E-state index in [0.717, 1.165) is 23.8 Å². The third-order valence-corrected chi connectivity index (χ3v) is 6.77. The van der Waals surface area contributed by atoms with Crippen molar-refractivity contribution < 1.29 is 8.78 Å². The van der Waals surface area contributed by atoms with Crippen molar-refractivity contribution in [2.75, 3.05) is 0 Å². The molecule has 2 saturated carbocycles. The molecule has 0 aliphatic heterocycles. The Kier molecular flexibility index (Phi) is 9.35. The molecule has 2 rings (SSSR count). The summed E-state index contributed by atoms with van der Waals surface area (Å²) in [5.74, 6) is 3.35. The SMILES string of the molecule is CCCCCCCC1CCC(C2CCC(CC=C(F)F)CC2)CC1. The summed E-state index contributed by atoms with van der Waals surface area (Å²) in [7, 11) is 0. The summed E-state index contributed by atoms with van der Waals surface area (Å²) in [4.78, 5) is 0. The Morgan fingerprint density at radius 3 is 1.83 bits per heavy atom. The van der Waals surface area contributed by atoms with E-state index in [9.17, 15) is 8.78 Å². The van der Waals surface area contributed by atoms with E-state index in [2.05, 4.69) is 6.92 Å². The van der Waals surface area contributed by atoms with Crippen LogP contribution in [0.5, 0.6) is 0 Å². The fourth-order valence-electron chi connectivity index (χ4n) is 5.14. The van der Waals surface area contributed by atoms with Gasteiger partial charge in [-0.1, -0.05) is 58.3 Å². The topological polar surface area (TPSA) is 0 Å². The van der Waals surface area contributed by atoms with Crippen LogP contribution in [-0.4, -0.2) is 0 Å². The summed E-state index contributed by atoms with van der Waals surface area (Å²) >= 11 is 0. The van der Waals surface area contributed by atoms with E-state index in [-0.39, 0.29) is 0 Å². The van der Waals surface area contributed by atoms with Crippen LogP contribution in [0.2, 0.25) is 0 Å². The lowest BCUT2D eigenvalue weighted by Gasteiger charge is -2.37. The molecule has 140 valence electrons. The van der Waals surface area contributed by atoms with Gasteiger partial charge in [0.1, 0.15) is 0 Å². The van der Waals surface area contributed by atoms with E-state index in [1.54, 1.807) is 0 Å². The van der Waals surface area contributed by atoms with E-state index in [4.69, 9.17) is 0 Å². The van der Waals surface area contributed by atoms with Gasteiger partial charge in [0.25, 0.3) is 6.08 Å². The third-order valence-electron chi connectivity index (χ3n) is 6.77. The molecule has 0 N–H and O–H groups in total. The Bertz CT molecular complexity index is 343. The van der Waals surface area contributed by atoms with Crippen molar-refractivity contribution in [3.8, 4) is 0 Å². The first-order valence-electron chi connectivity index (χ1n) is 10.7. The van der Waals surface area contributed by atoms with Gasteiger partial charge >= 0.3 is 0 Å². The second kappa shape index (κ2) is 11.3. The maximum atomic E-state index is 12.2. The van der Waals surface area contributed by atoms with Crippen LogP contribution in [0.25, 0.3) is 0 Å². The highest BCUT2D eigenvalue weighted by atomic mass is 19.3. The molecule has 0 nitrogen and oxygen atoms in total. The maximum Gasteiger partial charge on any atom is 0.266 e. The van der Waals surface area contributed by atoms with E-state index in [1.807, 2.05) is 0 Å². The molecule has 0 aromatic rings. The molecule has 0 heterocycles. The molecule has 2 aliphatic rings. The Labute approximate surface area is 148 Å². The molecule has 0 aromatic carbocycles. The van der Waals surface area contributed by atoms with Gasteiger partial charge in [-0.15, -0.1) is 0 Å². The van der Waals surface area contributed by atoms with Crippen LogP contribution in [0, 0.1) is 23.7 Å². The molecule has 0 saturated heterocycles. The summed E-state index contributed by atoms with van der Waals surface area (Å²) in [5, 5.41) is 0. The molecule has 0 aromatic heterocycles. The molecular formula is C22H38F2. The average molecular weight is 341 g/mol. The monoisotopic (exact) mass is 340 g/mol. The molecule has 0 bridgehead atoms. The van der Waals surface area contributed by atoms with Crippen molar-refractivity contribution in [2.45, 2.75) is 103 Å². The average Bonchev–Trinajstić information content (AvgIpc) is 2.61. The summed E-state index contributed by atoms with van der Waals surface area (Å²) in [6.07, 6.45) is 19.5. The van der Waals surface area contributed by atoms with E-state index in [1.165, 1.54) is 89.9 Å². The van der Waals surface area contributed by atoms with Crippen molar-refractivity contribution in [1.82, 2.24) is 0 Å². The van der Waals surface area contributed by atoms with Gasteiger partial charge in [-0.05, 0) is 74.7 Å². The van der Waals surface area contributed by atoms with Gasteiger partial charge in [0.05, 0.1) is 0 Å². The van der Waals surface area contributed by atoms with Gasteiger partial charge in [0.2, 0.25) is 0 Å². The molecule has 0 amide bonds. The third kappa shape index (κ3) is 7.23. The highest BCUT2D eigenvalue weighted by Crippen LogP contribution is 2.43. The van der Waals surface area contributed by atoms with Crippen molar-refractivity contribution in [2.24, 2.45) is 23.7 Å². The standard InChI is InChI=1S/C22H38F2/c1-2-3-4-5-6-7-18-8-13-20(14-9-18)21-15-10-19(11-16-21)12-17-22(23)24/h17-21H,2-16H2,1H3. The Balaban J connectivity index is 1.57. The van der Waals surface area contributed by atoms with Gasteiger partial charge in [0.15, 0.2) is 0 Å². The smallest absolute Gasteiger partial charge is 0.174 e. The molecule has 2 aliphatic carbocycles. The van der Waals surface area contributed by atoms with Gasteiger partial charge in [-0.2, -0.15) is 8.78 Å². The fraction of sp³-hybridized carbons (Fsp3) is 0.909. The summed E-state index contributed by atoms with van der Waals surface area (Å²) in [6.45, 7) is 2.28. The summed E-state index contributed by atoms with van der Waals surface area (Å²) < 4.78 is 24.4. The van der Waals surface area contributed by atoms with Crippen LogP contribution in [0.1, 0.15) is 103 Å². The number of unbranched alkanes of at least 4 members (excludes halogenated alkanes) is 4. The number of allylic oxidation sites excluding steroid dienone is 1. The second-order valence-corrected chi connectivity index (χ2v) is 8.49. The number of halogens is 2. The number of hydrogen-bond donors (Lipinski definition) is 0. The van der Waals surface area contributed by atoms with Gasteiger partial charge in [-0.3, -0.25) is 0 Å². The minimum absolute atomic E-state index is 0.516. The predicted molar refractivity (Wildman–Crippen MR) is 99.2 cm³/mol. The van der Waals surface area contributed by atoms with Gasteiger partial charge in [0, 0.05) is 0 Å². The Morgan fingerprint density at radius 2 is 1.29 bits per heavy atom. The van der Waals surface area contributed by atoms with Crippen LogP contribution in [0.3, 0.4) is 0 Å². The maximum absolute atomic E-state index is 12.2. The first-order chi connectivity index (χ1) is 11.7. The highest BCUT2D eigenvalue weighted by molar-refractivity contribution is 4.87. The molecule has 2 heteroatoms. The molecule has 0 atom stereocenters. The number of rotatable bonds is 9. The van der Waals surface area contributed by atoms with Gasteiger partial charge in [-0.25, -0.2) is 0 Å². The fourth-order valence-corrected chi connectivity index (χ4v) is 5.14. The molecule has 24 heavy (non-hydrogen) atoms. The first kappa shape index (κ1) is 19.9. The van der Waals surface area contributed by atoms with Crippen LogP contribution < -0.4 is 0 Å². The van der Waals surface area contributed by atoms with Crippen LogP contribution in [0.4, 0.5) is 8.78 Å². The molecular weight excluding hydrogens is 302 g/mol. The molecule has 0 spiro atoms. The van der Waals surface area contributed by atoms with Crippen molar-refractivity contribution in [1.29, 1.82) is 0 Å². The quantitative estimate of drug-likeness (QED) is 0.372. The normalized spacial score (nSPS) is 31.0. The Morgan fingerprint density at radius 1 is 0.750 bits per heavy atom. The zero-order valence-electron chi connectivity index (χ0n) is 15.7. The summed E-state index contributed by atoms with van der Waals surface area (Å²) in [6, 6.07) is 0. The van der Waals surface area contributed by atoms with Crippen LogP contribution >= 0.6 is 0 Å². The minimum Gasteiger partial charge on any atom is -0.174 e. The minimum atomic E-state index is -1.50. The molecule has 0 radical (unpaired) electrons. The first-order valence-corrected chi connectivity index (χ1v) is 10.7.